The summed E-state index contributed by atoms with van der Waals surface area (Å²) in [5.41, 5.74) is 0.293. The summed E-state index contributed by atoms with van der Waals surface area (Å²) in [7, 11) is 4.79. The largest absolute Gasteiger partial charge is 0.497 e. The molecule has 0 atom stereocenters. The maximum absolute atomic E-state index is 12.6. The van der Waals surface area contributed by atoms with Crippen molar-refractivity contribution >= 4 is 22.8 Å². The number of benzene rings is 1. The summed E-state index contributed by atoms with van der Waals surface area (Å²) >= 11 is 0. The number of rotatable bonds is 5. The van der Waals surface area contributed by atoms with Crippen molar-refractivity contribution in [1.82, 2.24) is 18.7 Å². The fraction of sp³-hybridized carbons (Fsp3) is 0.294. The number of nitrogens with one attached hydrogen (secondary N) is 1. The topological polar surface area (TPSA) is 100 Å². The summed E-state index contributed by atoms with van der Waals surface area (Å²) in [6.07, 6.45) is 1.47. The average molecular weight is 357 g/mol. The number of nitrogens with zero attached hydrogens (tertiary/aromatic N) is 4. The lowest BCUT2D eigenvalue weighted by molar-refractivity contribution is -0.116. The van der Waals surface area contributed by atoms with E-state index < -0.39 is 11.2 Å². The van der Waals surface area contributed by atoms with Gasteiger partial charge in [0.2, 0.25) is 5.91 Å². The first kappa shape index (κ1) is 17.5. The summed E-state index contributed by atoms with van der Waals surface area (Å²) in [6, 6.07) is 6.88. The molecule has 0 radical (unpaired) electrons. The Kier molecular flexibility index (Phi) is 4.61. The summed E-state index contributed by atoms with van der Waals surface area (Å²) in [5, 5.41) is 2.72. The van der Waals surface area contributed by atoms with Crippen LogP contribution in [0.5, 0.6) is 5.75 Å². The van der Waals surface area contributed by atoms with E-state index in [1.165, 1.54) is 10.9 Å². The molecule has 0 unspecified atom stereocenters. The number of fused-ring (bicyclic) bond motifs is 1. The maximum atomic E-state index is 12.6. The quantitative estimate of drug-likeness (QED) is 0.715. The summed E-state index contributed by atoms with van der Waals surface area (Å²) in [5.74, 6) is 0.386. The minimum atomic E-state index is -0.501. The highest BCUT2D eigenvalue weighted by Gasteiger charge is 2.15. The minimum absolute atomic E-state index is 0.00939. The smallest absolute Gasteiger partial charge is 0.332 e. The minimum Gasteiger partial charge on any atom is -0.497 e. The molecule has 0 aliphatic heterocycles. The lowest BCUT2D eigenvalue weighted by atomic mass is 10.3. The second kappa shape index (κ2) is 6.87. The molecule has 1 aromatic carbocycles. The Morgan fingerprint density at radius 1 is 1.19 bits per heavy atom. The number of carbonyl (C=O) groups is 1. The van der Waals surface area contributed by atoms with Crippen molar-refractivity contribution in [3.8, 4) is 5.75 Å². The first-order chi connectivity index (χ1) is 12.4. The molecule has 3 rings (SSSR count). The fourth-order valence-electron chi connectivity index (χ4n) is 2.70. The molecular weight excluding hydrogens is 338 g/mol. The van der Waals surface area contributed by atoms with Gasteiger partial charge >= 0.3 is 5.69 Å². The number of methoxy groups -OCH3 is 1. The molecule has 0 spiro atoms. The van der Waals surface area contributed by atoms with Crippen molar-refractivity contribution in [3.63, 3.8) is 0 Å². The molecule has 0 saturated heterocycles. The van der Waals surface area contributed by atoms with Crippen LogP contribution in [-0.4, -0.2) is 31.7 Å². The number of hydrogen-bond donors (Lipinski definition) is 1. The van der Waals surface area contributed by atoms with Crippen LogP contribution >= 0.6 is 0 Å². The van der Waals surface area contributed by atoms with Gasteiger partial charge in [0.1, 0.15) is 5.75 Å². The van der Waals surface area contributed by atoms with Crippen LogP contribution in [0.2, 0.25) is 0 Å². The third-order valence-electron chi connectivity index (χ3n) is 4.14. The van der Waals surface area contributed by atoms with Gasteiger partial charge in [0.15, 0.2) is 11.2 Å². The average Bonchev–Trinajstić information content (AvgIpc) is 3.02. The van der Waals surface area contributed by atoms with E-state index in [2.05, 4.69) is 10.3 Å². The number of hydrogen-bond acceptors (Lipinski definition) is 5. The van der Waals surface area contributed by atoms with Crippen LogP contribution in [-0.2, 0) is 25.4 Å². The first-order valence-corrected chi connectivity index (χ1v) is 7.97. The van der Waals surface area contributed by atoms with Gasteiger partial charge in [0, 0.05) is 32.7 Å². The van der Waals surface area contributed by atoms with Crippen LogP contribution < -0.4 is 21.3 Å². The van der Waals surface area contributed by atoms with Gasteiger partial charge in [-0.25, -0.2) is 9.78 Å². The Morgan fingerprint density at radius 3 is 2.54 bits per heavy atom. The molecule has 0 saturated carbocycles. The van der Waals surface area contributed by atoms with E-state index in [0.29, 0.717) is 22.6 Å². The summed E-state index contributed by atoms with van der Waals surface area (Å²) in [6.45, 7) is -0.0192. The van der Waals surface area contributed by atoms with E-state index in [-0.39, 0.29) is 18.9 Å². The van der Waals surface area contributed by atoms with Gasteiger partial charge < -0.3 is 14.6 Å². The molecule has 9 heteroatoms. The normalized spacial score (nSPS) is 10.9. The first-order valence-electron chi connectivity index (χ1n) is 7.97. The van der Waals surface area contributed by atoms with Gasteiger partial charge in [-0.3, -0.25) is 18.7 Å². The zero-order valence-corrected chi connectivity index (χ0v) is 14.7. The lowest BCUT2D eigenvalue weighted by Crippen LogP contribution is -2.40. The molecule has 0 fully saturated rings. The molecule has 1 N–H and O–H groups in total. The second-order valence-electron chi connectivity index (χ2n) is 5.85. The van der Waals surface area contributed by atoms with Gasteiger partial charge in [0.25, 0.3) is 5.56 Å². The number of amides is 1. The molecule has 9 nitrogen and oxygen atoms in total. The molecule has 0 bridgehead atoms. The highest BCUT2D eigenvalue weighted by molar-refractivity contribution is 5.90. The van der Waals surface area contributed by atoms with E-state index in [9.17, 15) is 14.4 Å². The molecule has 2 aromatic heterocycles. The predicted octanol–water partition coefficient (Wildman–Crippen LogP) is 0.471. The molecule has 136 valence electrons. The van der Waals surface area contributed by atoms with Crippen LogP contribution in [0.15, 0.2) is 40.2 Å². The molecule has 3 aromatic rings. The molecular formula is C17H19N5O4. The maximum Gasteiger partial charge on any atom is 0.332 e. The Labute approximate surface area is 148 Å². The van der Waals surface area contributed by atoms with Crippen molar-refractivity contribution in [2.45, 2.75) is 13.0 Å². The van der Waals surface area contributed by atoms with E-state index in [4.69, 9.17) is 4.74 Å². The number of carbonyl (C=O) groups excluding carboxylic acids is 1. The van der Waals surface area contributed by atoms with E-state index in [1.54, 1.807) is 50.0 Å². The Balaban J connectivity index is 1.79. The van der Waals surface area contributed by atoms with Crippen molar-refractivity contribution in [3.05, 3.63) is 51.4 Å². The van der Waals surface area contributed by atoms with Gasteiger partial charge in [-0.15, -0.1) is 0 Å². The van der Waals surface area contributed by atoms with E-state index in [0.717, 1.165) is 4.57 Å². The van der Waals surface area contributed by atoms with Crippen LogP contribution in [0, 0.1) is 0 Å². The molecule has 1 amide bonds. The second-order valence-corrected chi connectivity index (χ2v) is 5.85. The zero-order chi connectivity index (χ0) is 18.8. The van der Waals surface area contributed by atoms with Crippen molar-refractivity contribution in [2.75, 3.05) is 12.4 Å². The highest BCUT2D eigenvalue weighted by Crippen LogP contribution is 2.15. The predicted molar refractivity (Wildman–Crippen MR) is 96.5 cm³/mol. The highest BCUT2D eigenvalue weighted by atomic mass is 16.5. The van der Waals surface area contributed by atoms with Crippen molar-refractivity contribution < 1.29 is 9.53 Å². The summed E-state index contributed by atoms with van der Waals surface area (Å²) < 4.78 is 8.98. The standard InChI is InChI=1S/C17H19N5O4/c1-20-10-18-15-14(20)16(24)22(17(25)21(15)2)9-8-13(23)19-11-4-6-12(26-3)7-5-11/h4-7,10H,8-9H2,1-3H3,(H,19,23). The molecule has 26 heavy (non-hydrogen) atoms. The molecule has 0 aliphatic rings. The van der Waals surface area contributed by atoms with Crippen LogP contribution in [0.25, 0.3) is 11.2 Å². The zero-order valence-electron chi connectivity index (χ0n) is 14.7. The van der Waals surface area contributed by atoms with Gasteiger partial charge in [-0.05, 0) is 24.3 Å². The molecule has 0 aliphatic carbocycles. The number of aryl methyl sites for hydroxylation is 2. The SMILES string of the molecule is COc1ccc(NC(=O)CCn2c(=O)c3c(ncn3C)n(C)c2=O)cc1. The number of aromatic nitrogens is 4. The van der Waals surface area contributed by atoms with Crippen LogP contribution in [0.4, 0.5) is 5.69 Å². The Bertz CT molecular complexity index is 1080. The van der Waals surface area contributed by atoms with Crippen LogP contribution in [0.1, 0.15) is 6.42 Å². The number of imidazole rings is 1. The van der Waals surface area contributed by atoms with Gasteiger partial charge in [-0.2, -0.15) is 0 Å². The van der Waals surface area contributed by atoms with E-state index in [1.807, 2.05) is 0 Å². The number of anilines is 1. The van der Waals surface area contributed by atoms with E-state index >= 15 is 0 Å². The Morgan fingerprint density at radius 2 is 1.88 bits per heavy atom. The molecule has 2 heterocycles. The Hall–Kier alpha value is -3.36. The van der Waals surface area contributed by atoms with Gasteiger partial charge in [-0.1, -0.05) is 0 Å². The van der Waals surface area contributed by atoms with Crippen molar-refractivity contribution in [1.29, 1.82) is 0 Å². The number of ether oxygens (including phenoxy) is 1. The summed E-state index contributed by atoms with van der Waals surface area (Å²) in [4.78, 5) is 41.2. The third-order valence-corrected chi connectivity index (χ3v) is 4.14. The monoisotopic (exact) mass is 357 g/mol. The fourth-order valence-corrected chi connectivity index (χ4v) is 2.70. The van der Waals surface area contributed by atoms with Crippen molar-refractivity contribution in [2.24, 2.45) is 14.1 Å². The lowest BCUT2D eigenvalue weighted by Gasteiger charge is -2.09. The van der Waals surface area contributed by atoms with Gasteiger partial charge in [0.05, 0.1) is 13.4 Å². The third kappa shape index (κ3) is 3.10. The van der Waals surface area contributed by atoms with Crippen LogP contribution in [0.3, 0.4) is 0 Å².